The fraction of sp³-hybridized carbons (Fsp3) is 0.200. The van der Waals surface area contributed by atoms with Gasteiger partial charge < -0.3 is 25.0 Å². The molecule has 3 N–H and O–H groups in total. The van der Waals surface area contributed by atoms with Gasteiger partial charge in [-0.05, 0) is 87.4 Å². The number of carbonyl (C=O) groups excluding carboxylic acids is 2. The summed E-state index contributed by atoms with van der Waals surface area (Å²) < 4.78 is 21.2. The molecule has 3 aromatic carbocycles. The number of aliphatic hydroxyl groups is 1. The second kappa shape index (κ2) is 13.4. The number of alkyl carbamates (subject to hydrolysis) is 1. The second-order valence-electron chi connectivity index (χ2n) is 11.6. The summed E-state index contributed by atoms with van der Waals surface area (Å²) in [5.41, 5.74) is 5.03. The fourth-order valence-corrected chi connectivity index (χ4v) is 8.10. The molecule has 0 spiro atoms. The molecule has 2 atom stereocenters. The van der Waals surface area contributed by atoms with E-state index in [-0.39, 0.29) is 42.3 Å². The van der Waals surface area contributed by atoms with Crippen molar-refractivity contribution >= 4 is 84.2 Å². The number of aromatic nitrogens is 1. The van der Waals surface area contributed by atoms with Gasteiger partial charge in [0.2, 0.25) is 0 Å². The summed E-state index contributed by atoms with van der Waals surface area (Å²) >= 11 is 8.81. The van der Waals surface area contributed by atoms with Crippen molar-refractivity contribution in [2.75, 3.05) is 32.1 Å². The third kappa shape index (κ3) is 6.11. The van der Waals surface area contributed by atoms with Gasteiger partial charge in [0, 0.05) is 41.2 Å². The van der Waals surface area contributed by atoms with Crippen LogP contribution in [0, 0.1) is 9.39 Å². The third-order valence-corrected chi connectivity index (χ3v) is 10.9. The number of anilines is 2. The molecular weight excluding hydrogens is 764 g/mol. The van der Waals surface area contributed by atoms with Crippen molar-refractivity contribution < 1.29 is 23.8 Å². The van der Waals surface area contributed by atoms with E-state index >= 15 is 0 Å². The maximum absolute atomic E-state index is 14.8. The molecule has 48 heavy (non-hydrogen) atoms. The smallest absolute Gasteiger partial charge is 0.413 e. The molecule has 2 aliphatic rings. The van der Waals surface area contributed by atoms with E-state index in [4.69, 9.17) is 17.0 Å². The largest absolute Gasteiger partial charge is 0.448 e. The van der Waals surface area contributed by atoms with Gasteiger partial charge in [-0.15, -0.1) is 0 Å². The number of thiophene rings is 1. The minimum Gasteiger partial charge on any atom is -0.448 e. The van der Waals surface area contributed by atoms with Crippen molar-refractivity contribution in [3.63, 3.8) is 0 Å². The van der Waals surface area contributed by atoms with Crippen LogP contribution < -0.4 is 10.6 Å². The van der Waals surface area contributed by atoms with Gasteiger partial charge in [-0.2, -0.15) is 0 Å². The van der Waals surface area contributed by atoms with Gasteiger partial charge in [0.05, 0.1) is 23.4 Å². The number of likely N-dealkylation sites (tertiary alicyclic amines) is 1. The van der Waals surface area contributed by atoms with Crippen LogP contribution in [0.4, 0.5) is 19.9 Å². The van der Waals surface area contributed by atoms with E-state index in [9.17, 15) is 19.1 Å². The maximum Gasteiger partial charge on any atom is 0.413 e. The lowest BCUT2D eigenvalue weighted by molar-refractivity contribution is 0.0767. The Morgan fingerprint density at radius 1 is 1.08 bits per heavy atom. The molecule has 1 saturated heterocycles. The van der Waals surface area contributed by atoms with Gasteiger partial charge in [0.1, 0.15) is 22.3 Å². The predicted molar refractivity (Wildman–Crippen MR) is 196 cm³/mol. The van der Waals surface area contributed by atoms with Crippen LogP contribution in [-0.2, 0) is 4.74 Å². The van der Waals surface area contributed by atoms with E-state index in [2.05, 4.69) is 27.8 Å². The number of carbonyl (C=O) groups is 2. The first-order valence-corrected chi connectivity index (χ1v) is 17.5. The molecule has 13 heteroatoms. The molecule has 244 valence electrons. The minimum atomic E-state index is -0.950. The molecule has 7 rings (SSSR count). The minimum absolute atomic E-state index is 0.0380. The highest BCUT2D eigenvalue weighted by Gasteiger charge is 2.39. The number of pyridine rings is 1. The van der Waals surface area contributed by atoms with Crippen LogP contribution in [0.25, 0.3) is 21.3 Å². The molecule has 0 saturated carbocycles. The van der Waals surface area contributed by atoms with Crippen molar-refractivity contribution in [2.24, 2.45) is 0 Å². The van der Waals surface area contributed by atoms with Crippen molar-refractivity contribution in [1.82, 2.24) is 20.1 Å². The first kappa shape index (κ1) is 32.4. The Labute approximate surface area is 298 Å². The monoisotopic (exact) mass is 793 g/mol. The molecule has 9 nitrogen and oxygen atoms in total. The van der Waals surface area contributed by atoms with E-state index in [1.807, 2.05) is 59.0 Å². The summed E-state index contributed by atoms with van der Waals surface area (Å²) in [6.07, 6.45) is -0.0172. The van der Waals surface area contributed by atoms with E-state index < -0.39 is 24.1 Å². The van der Waals surface area contributed by atoms with Gasteiger partial charge in [0.15, 0.2) is 5.11 Å². The van der Waals surface area contributed by atoms with Gasteiger partial charge in [0.25, 0.3) is 5.91 Å². The van der Waals surface area contributed by atoms with E-state index in [1.54, 1.807) is 42.4 Å². The number of hydrogen-bond acceptors (Lipinski definition) is 8. The SMILES string of the molecule is CN(C(=S)NC(=O)OCC1c2ccccc2-c2ccccc21)[C@H]1CN(C(=O)c2c(Nc3ccc(I)cc3F)sc3ncccc23)C[C@@H]1O. The summed E-state index contributed by atoms with van der Waals surface area (Å²) in [6, 6.07) is 23.9. The standard InChI is InChI=1S/C35H29FIN5O4S2/c1-41(34(47)40-35(45)46-18-25-22-9-4-2-7-20(22)21-8-3-5-10-23(21)25)28-16-42(17-29(28)43)33(44)30-24-11-6-14-38-31(24)48-32(30)39-27-13-12-19(37)15-26(27)36/h2-15,25,28-29,39,43H,16-18H2,1H3,(H,40,45,47)/t28-,29-/m0/s1. The average Bonchev–Trinajstić information content (AvgIpc) is 3.75. The summed E-state index contributed by atoms with van der Waals surface area (Å²) in [5.74, 6) is -0.884. The zero-order valence-electron chi connectivity index (χ0n) is 25.5. The predicted octanol–water partition coefficient (Wildman–Crippen LogP) is 6.72. The van der Waals surface area contributed by atoms with E-state index in [0.717, 1.165) is 25.8 Å². The Hall–Kier alpha value is -4.18. The third-order valence-electron chi connectivity index (χ3n) is 8.78. The molecule has 3 heterocycles. The summed E-state index contributed by atoms with van der Waals surface area (Å²) in [5, 5.41) is 17.9. The lowest BCUT2D eigenvalue weighted by atomic mass is 9.98. The van der Waals surface area contributed by atoms with E-state index in [1.165, 1.54) is 22.3 Å². The van der Waals surface area contributed by atoms with Crippen LogP contribution in [0.3, 0.4) is 0 Å². The highest BCUT2D eigenvalue weighted by Crippen LogP contribution is 2.44. The average molecular weight is 794 g/mol. The topological polar surface area (TPSA) is 107 Å². The highest BCUT2D eigenvalue weighted by molar-refractivity contribution is 14.1. The molecule has 0 unspecified atom stereocenters. The number of halogens is 2. The van der Waals surface area contributed by atoms with Gasteiger partial charge in [-0.1, -0.05) is 59.9 Å². The van der Waals surface area contributed by atoms with Crippen LogP contribution in [0.15, 0.2) is 85.1 Å². The number of hydrogen-bond donors (Lipinski definition) is 3. The van der Waals surface area contributed by atoms with Crippen molar-refractivity contribution in [3.05, 3.63) is 111 Å². The van der Waals surface area contributed by atoms with Crippen LogP contribution >= 0.6 is 46.1 Å². The molecule has 2 amide bonds. The molecular formula is C35H29FIN5O4S2. The Bertz CT molecular complexity index is 2030. The molecule has 2 aromatic heterocycles. The van der Waals surface area contributed by atoms with Gasteiger partial charge >= 0.3 is 6.09 Å². The number of nitrogens with zero attached hydrogens (tertiary/aromatic N) is 3. The maximum atomic E-state index is 14.8. The van der Waals surface area contributed by atoms with Crippen molar-refractivity contribution in [3.8, 4) is 11.1 Å². The Kier molecular flexibility index (Phi) is 9.02. The van der Waals surface area contributed by atoms with Crippen molar-refractivity contribution in [2.45, 2.75) is 18.1 Å². The molecule has 5 aromatic rings. The molecule has 1 aliphatic heterocycles. The number of β-amino-alcohol motifs (C(OH)–C–C–N with tert-alkyl or cyclic N) is 1. The number of amides is 2. The molecule has 0 radical (unpaired) electrons. The Balaban J connectivity index is 1.02. The van der Waals surface area contributed by atoms with E-state index in [0.29, 0.717) is 20.8 Å². The van der Waals surface area contributed by atoms with Crippen LogP contribution in [0.2, 0.25) is 0 Å². The quantitative estimate of drug-likeness (QED) is 0.129. The second-order valence-corrected chi connectivity index (χ2v) is 14.3. The number of ether oxygens (including phenoxy) is 1. The number of rotatable bonds is 6. The van der Waals surface area contributed by atoms with Gasteiger partial charge in [-0.25, -0.2) is 14.2 Å². The number of aliphatic hydroxyl groups excluding tert-OH is 1. The Morgan fingerprint density at radius 2 is 1.79 bits per heavy atom. The molecule has 1 fully saturated rings. The lowest BCUT2D eigenvalue weighted by Crippen LogP contribution is -2.50. The number of benzene rings is 3. The normalized spacial score (nSPS) is 16.8. The highest BCUT2D eigenvalue weighted by atomic mass is 127. The number of fused-ring (bicyclic) bond motifs is 4. The molecule has 0 bridgehead atoms. The van der Waals surface area contributed by atoms with Crippen LogP contribution in [-0.4, -0.2) is 75.9 Å². The first-order chi connectivity index (χ1) is 23.2. The van der Waals surface area contributed by atoms with Crippen molar-refractivity contribution in [1.29, 1.82) is 0 Å². The summed E-state index contributed by atoms with van der Waals surface area (Å²) in [4.78, 5) is 35.1. The fourth-order valence-electron chi connectivity index (χ4n) is 6.38. The number of thiocarbonyl (C=S) groups is 1. The summed E-state index contributed by atoms with van der Waals surface area (Å²) in [7, 11) is 1.66. The van der Waals surface area contributed by atoms with Crippen LogP contribution in [0.1, 0.15) is 27.4 Å². The number of nitrogens with one attached hydrogen (secondary N) is 2. The molecule has 1 aliphatic carbocycles. The summed E-state index contributed by atoms with van der Waals surface area (Å²) in [6.45, 7) is 0.306. The lowest BCUT2D eigenvalue weighted by Gasteiger charge is -2.28. The first-order valence-electron chi connectivity index (χ1n) is 15.1. The zero-order valence-corrected chi connectivity index (χ0v) is 29.3. The Morgan fingerprint density at radius 3 is 2.50 bits per heavy atom. The van der Waals surface area contributed by atoms with Gasteiger partial charge in [-0.3, -0.25) is 10.1 Å². The number of likely N-dealkylation sites (N-methyl/N-ethyl adjacent to an activating group) is 1. The van der Waals surface area contributed by atoms with Crippen LogP contribution in [0.5, 0.6) is 0 Å². The zero-order chi connectivity index (χ0) is 33.5.